The van der Waals surface area contributed by atoms with Gasteiger partial charge in [-0.05, 0) is 61.1 Å². The van der Waals surface area contributed by atoms with Crippen molar-refractivity contribution in [2.45, 2.75) is 25.7 Å². The minimum absolute atomic E-state index is 0. The summed E-state index contributed by atoms with van der Waals surface area (Å²) in [5.41, 5.74) is 4.22. The summed E-state index contributed by atoms with van der Waals surface area (Å²) in [6.45, 7) is 2.04. The van der Waals surface area contributed by atoms with E-state index in [0.29, 0.717) is 22.9 Å². The third kappa shape index (κ3) is 3.44. The average Bonchev–Trinajstić information content (AvgIpc) is 3.55. The summed E-state index contributed by atoms with van der Waals surface area (Å²) in [5, 5.41) is 0. The molecule has 2 aliphatic rings. The summed E-state index contributed by atoms with van der Waals surface area (Å²) in [7, 11) is 0. The van der Waals surface area contributed by atoms with Gasteiger partial charge >= 0.3 is 0 Å². The number of fused-ring (bicyclic) bond motifs is 1. The van der Waals surface area contributed by atoms with E-state index in [1.165, 1.54) is 12.1 Å². The Labute approximate surface area is 184 Å². The second-order valence-corrected chi connectivity index (χ2v) is 7.56. The molecule has 0 unspecified atom stereocenters. The molecule has 1 aliphatic carbocycles. The monoisotopic (exact) mass is 444 g/mol. The number of aromatic nitrogens is 1. The summed E-state index contributed by atoms with van der Waals surface area (Å²) in [6, 6.07) is 16.2. The van der Waals surface area contributed by atoms with Gasteiger partial charge in [-0.2, -0.15) is 24.3 Å². The van der Waals surface area contributed by atoms with Crippen molar-refractivity contribution in [3.05, 3.63) is 87.6 Å². The number of nitrogens with one attached hydrogen (secondary N) is 1. The number of aromatic amines is 1. The molecule has 1 fully saturated rings. The molecule has 154 valence electrons. The maximum atomic E-state index is 14.0. The zero-order valence-electron chi connectivity index (χ0n) is 16.3. The zero-order chi connectivity index (χ0) is 20.1. The Balaban J connectivity index is 0.00000218. The molecule has 0 radical (unpaired) electrons. The number of H-pyrrole nitrogens is 1. The maximum absolute atomic E-state index is 14.0. The molecule has 2 aromatic carbocycles. The van der Waals surface area contributed by atoms with Gasteiger partial charge in [0, 0.05) is 34.5 Å². The molecule has 1 aromatic heterocycles. The van der Waals surface area contributed by atoms with Crippen molar-refractivity contribution in [2.24, 2.45) is 0 Å². The van der Waals surface area contributed by atoms with Crippen molar-refractivity contribution in [1.82, 2.24) is 4.98 Å². The van der Waals surface area contributed by atoms with E-state index in [9.17, 15) is 14.0 Å². The second-order valence-electron chi connectivity index (χ2n) is 7.56. The molecule has 0 saturated heterocycles. The quantitative estimate of drug-likeness (QED) is 0.486. The number of hydrogen-bond donors (Lipinski definition) is 1. The molecule has 1 aliphatic heterocycles. The molecule has 0 bridgehead atoms. The number of rotatable bonds is 3. The van der Waals surface area contributed by atoms with Crippen LogP contribution in [-0.4, -0.2) is 17.6 Å². The van der Waals surface area contributed by atoms with Gasteiger partial charge in [0.1, 0.15) is 5.82 Å². The van der Waals surface area contributed by atoms with E-state index in [4.69, 9.17) is 0 Å². The van der Waals surface area contributed by atoms with Crippen molar-refractivity contribution in [1.29, 1.82) is 0 Å². The Morgan fingerprint density at radius 3 is 2.53 bits per heavy atom. The van der Waals surface area contributed by atoms with Crippen LogP contribution in [0.4, 0.5) is 21.5 Å². The van der Waals surface area contributed by atoms with Crippen LogP contribution in [0.5, 0.6) is 0 Å². The summed E-state index contributed by atoms with van der Waals surface area (Å²) in [5.74, 6) is -0.0508. The van der Waals surface area contributed by atoms with Crippen molar-refractivity contribution in [3.8, 4) is 0 Å². The van der Waals surface area contributed by atoms with E-state index in [1.54, 1.807) is 48.2 Å². The van der Waals surface area contributed by atoms with Gasteiger partial charge in [-0.1, -0.05) is 5.69 Å². The second kappa shape index (κ2) is 7.74. The molecular formula is C23H19FFeN3O2-. The smallest absolute Gasteiger partial charge is 0.248 e. The van der Waals surface area contributed by atoms with Crippen molar-refractivity contribution in [3.63, 3.8) is 0 Å². The Hall–Kier alpha value is -2.89. The Kier molecular flexibility index (Phi) is 5.26. The first-order chi connectivity index (χ1) is 14.0. The fourth-order valence-corrected chi connectivity index (χ4v) is 4.00. The largest absolute Gasteiger partial charge is 0.377 e. The number of benzene rings is 2. The van der Waals surface area contributed by atoms with Crippen LogP contribution >= 0.6 is 0 Å². The summed E-state index contributed by atoms with van der Waals surface area (Å²) < 4.78 is 14.0. The van der Waals surface area contributed by atoms with Gasteiger partial charge in [0.25, 0.3) is 0 Å². The number of hydrogen-bond acceptors (Lipinski definition) is 3. The molecular weight excluding hydrogens is 425 g/mol. The average molecular weight is 444 g/mol. The standard InChI is InChI=1S/C23H19FN3O2.Fe/c1-14-19(10-11-22(28)25-14)27-13-26(20-5-3-2-4-17(20)23(27)29)21-9-8-16(24)12-18(21)15-6-7-15;/h2,4-5,8-12,15H,6-7,13H2,1H3,(H,25,28);/q-1;. The molecule has 3 aromatic rings. The summed E-state index contributed by atoms with van der Waals surface area (Å²) in [4.78, 5) is 31.3. The Morgan fingerprint density at radius 1 is 1.03 bits per heavy atom. The number of carbonyl (C=O) groups is 1. The van der Waals surface area contributed by atoms with Gasteiger partial charge in [0.15, 0.2) is 0 Å². The number of anilines is 3. The van der Waals surface area contributed by atoms with Gasteiger partial charge in [-0.25, -0.2) is 4.39 Å². The Morgan fingerprint density at radius 2 is 1.80 bits per heavy atom. The minimum atomic E-state index is -0.253. The van der Waals surface area contributed by atoms with Crippen LogP contribution in [0.1, 0.15) is 40.4 Å². The molecule has 1 saturated carbocycles. The molecule has 7 heteroatoms. The number of nitrogens with zero attached hydrogens (tertiary/aromatic N) is 2. The maximum Gasteiger partial charge on any atom is 0.248 e. The van der Waals surface area contributed by atoms with Crippen LogP contribution in [0.25, 0.3) is 0 Å². The first kappa shape index (κ1) is 20.4. The molecule has 0 spiro atoms. The fraction of sp³-hybridized carbons (Fsp3) is 0.217. The van der Waals surface area contributed by atoms with Crippen LogP contribution in [0.2, 0.25) is 0 Å². The molecule has 30 heavy (non-hydrogen) atoms. The topological polar surface area (TPSA) is 56.4 Å². The third-order valence-electron chi connectivity index (χ3n) is 5.57. The van der Waals surface area contributed by atoms with Gasteiger partial charge in [-0.15, -0.1) is 0 Å². The van der Waals surface area contributed by atoms with Gasteiger partial charge in [-0.3, -0.25) is 14.5 Å². The number of aryl methyl sites for hydroxylation is 1. The number of pyridine rings is 1. The first-order valence-electron chi connectivity index (χ1n) is 9.62. The zero-order valence-corrected chi connectivity index (χ0v) is 17.4. The van der Waals surface area contributed by atoms with Crippen LogP contribution in [0, 0.1) is 18.8 Å². The molecule has 1 amide bonds. The van der Waals surface area contributed by atoms with Crippen molar-refractivity contribution < 1.29 is 26.3 Å². The molecule has 0 atom stereocenters. The minimum Gasteiger partial charge on any atom is -0.377 e. The van der Waals surface area contributed by atoms with Gasteiger partial charge < -0.3 is 9.88 Å². The van der Waals surface area contributed by atoms with Crippen molar-refractivity contribution in [2.75, 3.05) is 16.5 Å². The van der Waals surface area contributed by atoms with Crippen LogP contribution < -0.4 is 15.4 Å². The van der Waals surface area contributed by atoms with Crippen LogP contribution in [0.3, 0.4) is 0 Å². The predicted molar refractivity (Wildman–Crippen MR) is 109 cm³/mol. The van der Waals surface area contributed by atoms with E-state index in [1.807, 2.05) is 4.90 Å². The molecule has 2 heterocycles. The van der Waals surface area contributed by atoms with E-state index in [-0.39, 0.29) is 41.0 Å². The van der Waals surface area contributed by atoms with Gasteiger partial charge in [0.2, 0.25) is 11.5 Å². The first-order valence-corrected chi connectivity index (χ1v) is 9.62. The number of carbonyl (C=O) groups excluding carboxylic acids is 1. The fourth-order valence-electron chi connectivity index (χ4n) is 4.00. The number of halogens is 1. The SMILES string of the molecule is Cc1[nH]c(=O)ccc1N1CN(c2ccc(F)cc2C2CC2)c2c[c-]ccc2C1=O.[Fe]. The predicted octanol–water partition coefficient (Wildman–Crippen LogP) is 4.25. The van der Waals surface area contributed by atoms with E-state index in [0.717, 1.165) is 29.8 Å². The van der Waals surface area contributed by atoms with E-state index in [2.05, 4.69) is 11.1 Å². The third-order valence-corrected chi connectivity index (χ3v) is 5.57. The van der Waals surface area contributed by atoms with Crippen LogP contribution in [0.15, 0.2) is 53.3 Å². The normalized spacial score (nSPS) is 15.6. The van der Waals surface area contributed by atoms with E-state index >= 15 is 0 Å². The number of amides is 1. The molecule has 5 rings (SSSR count). The van der Waals surface area contributed by atoms with Crippen molar-refractivity contribution >= 4 is 23.0 Å². The summed E-state index contributed by atoms with van der Waals surface area (Å²) in [6.07, 6.45) is 2.08. The van der Waals surface area contributed by atoms with E-state index < -0.39 is 0 Å². The summed E-state index contributed by atoms with van der Waals surface area (Å²) >= 11 is 0. The van der Waals surface area contributed by atoms with Crippen LogP contribution in [-0.2, 0) is 17.1 Å². The Bertz CT molecular complexity index is 1190. The van der Waals surface area contributed by atoms with Gasteiger partial charge in [0.05, 0.1) is 12.4 Å². The molecule has 1 N–H and O–H groups in total. The molecule has 5 nitrogen and oxygen atoms in total.